The number of ether oxygens (including phenoxy) is 2. The van der Waals surface area contributed by atoms with Gasteiger partial charge in [-0.2, -0.15) is 0 Å². The second-order valence-electron chi connectivity index (χ2n) is 19.2. The molecular formula is C46H59N7O5S. The van der Waals surface area contributed by atoms with E-state index in [9.17, 15) is 13.2 Å². The van der Waals surface area contributed by atoms with Crippen molar-refractivity contribution in [3.05, 3.63) is 83.2 Å². The van der Waals surface area contributed by atoms with Gasteiger partial charge in [0.1, 0.15) is 17.1 Å². The highest BCUT2D eigenvalue weighted by Crippen LogP contribution is 2.77. The molecule has 1 amide bonds. The van der Waals surface area contributed by atoms with Crippen LogP contribution < -0.4 is 19.7 Å². The number of fused-ring (bicyclic) bond motifs is 1. The average molecular weight is 822 g/mol. The number of benzene rings is 2. The number of amides is 1. The van der Waals surface area contributed by atoms with Gasteiger partial charge in [-0.1, -0.05) is 31.9 Å². The van der Waals surface area contributed by atoms with Crippen molar-refractivity contribution in [3.63, 3.8) is 0 Å². The second kappa shape index (κ2) is 15.2. The first-order chi connectivity index (χ1) is 28.1. The maximum Gasteiger partial charge on any atom is 0.268 e. The largest absolute Gasteiger partial charge is 0.455 e. The molecule has 2 saturated heterocycles. The van der Waals surface area contributed by atoms with Crippen molar-refractivity contribution in [2.45, 2.75) is 77.2 Å². The molecule has 0 spiro atoms. The van der Waals surface area contributed by atoms with Gasteiger partial charge in [0.15, 0.2) is 0 Å². The Morgan fingerprint density at radius 2 is 1.81 bits per heavy atom. The van der Waals surface area contributed by atoms with Gasteiger partial charge in [-0.25, -0.2) is 18.1 Å². The molecule has 2 aromatic carbocycles. The Kier molecular flexibility index (Phi) is 10.3. The SMILES string of the molecule is Cc1cc(S(=O)(=O)NC(=O)c2ccc(N3CCN(CC4=C(C56CC(C)(C5)C6)CC(C)(C)CC4)CC3)cc2Oc2cnc3[nH]ccc3c2)ccc1NC[C@@H]1CN(C)CCO1. The number of hydrogen-bond acceptors (Lipinski definition) is 10. The summed E-state index contributed by atoms with van der Waals surface area (Å²) in [6.45, 7) is 16.8. The van der Waals surface area contributed by atoms with Gasteiger partial charge in [0.25, 0.3) is 15.9 Å². The van der Waals surface area contributed by atoms with Crippen LogP contribution in [0.1, 0.15) is 75.2 Å². The van der Waals surface area contributed by atoms with Gasteiger partial charge in [0, 0.05) is 81.4 Å². The first-order valence-corrected chi connectivity index (χ1v) is 22.8. The molecule has 2 bridgehead atoms. The van der Waals surface area contributed by atoms with Gasteiger partial charge in [-0.05, 0) is 117 Å². The number of likely N-dealkylation sites (N-methyl/N-ethyl adjacent to an activating group) is 1. The fourth-order valence-electron chi connectivity index (χ4n) is 10.7. The van der Waals surface area contributed by atoms with Crippen molar-refractivity contribution in [1.82, 2.24) is 24.5 Å². The summed E-state index contributed by atoms with van der Waals surface area (Å²) in [6.07, 6.45) is 11.3. The predicted molar refractivity (Wildman–Crippen MR) is 232 cm³/mol. The molecule has 12 nitrogen and oxygen atoms in total. The minimum atomic E-state index is -4.22. The number of morpholine rings is 1. The Morgan fingerprint density at radius 3 is 2.56 bits per heavy atom. The third kappa shape index (κ3) is 8.23. The molecule has 10 rings (SSSR count). The van der Waals surface area contributed by atoms with Crippen LogP contribution in [0.3, 0.4) is 0 Å². The van der Waals surface area contributed by atoms with E-state index in [-0.39, 0.29) is 22.3 Å². The molecule has 2 aliphatic heterocycles. The van der Waals surface area contributed by atoms with Gasteiger partial charge >= 0.3 is 0 Å². The number of allylic oxidation sites excluding steroid dienone is 1. The first kappa shape index (κ1) is 40.0. The number of hydrogen-bond donors (Lipinski definition) is 3. The van der Waals surface area contributed by atoms with Crippen LogP contribution in [0.4, 0.5) is 11.4 Å². The molecule has 4 aromatic rings. The predicted octanol–water partition coefficient (Wildman–Crippen LogP) is 7.34. The monoisotopic (exact) mass is 821 g/mol. The number of piperazine rings is 1. The number of aromatic amines is 1. The maximum absolute atomic E-state index is 13.9. The van der Waals surface area contributed by atoms with Crippen LogP contribution >= 0.6 is 0 Å². The molecule has 314 valence electrons. The van der Waals surface area contributed by atoms with Crippen molar-refractivity contribution in [2.75, 3.05) is 76.2 Å². The fourth-order valence-corrected chi connectivity index (χ4v) is 11.7. The summed E-state index contributed by atoms with van der Waals surface area (Å²) in [5.74, 6) is -0.0761. The smallest absolute Gasteiger partial charge is 0.268 e. The molecule has 59 heavy (non-hydrogen) atoms. The lowest BCUT2D eigenvalue weighted by Crippen LogP contribution is -2.61. The van der Waals surface area contributed by atoms with E-state index in [1.807, 2.05) is 37.4 Å². The topological polar surface area (TPSA) is 132 Å². The molecular weight excluding hydrogens is 763 g/mol. The minimum absolute atomic E-state index is 0.0000569. The van der Waals surface area contributed by atoms with Gasteiger partial charge in [-0.3, -0.25) is 9.69 Å². The second-order valence-corrected chi connectivity index (χ2v) is 20.9. The fraction of sp³-hybridized carbons (Fsp3) is 0.522. The van der Waals surface area contributed by atoms with Gasteiger partial charge in [0.2, 0.25) is 0 Å². The normalized spacial score (nSPS) is 26.0. The number of carbonyl (C=O) groups is 1. The first-order valence-electron chi connectivity index (χ1n) is 21.3. The zero-order valence-corrected chi connectivity index (χ0v) is 36.0. The minimum Gasteiger partial charge on any atom is -0.455 e. The van der Waals surface area contributed by atoms with E-state index in [0.29, 0.717) is 35.1 Å². The molecule has 0 unspecified atom stereocenters. The van der Waals surface area contributed by atoms with Crippen molar-refractivity contribution in [3.8, 4) is 11.5 Å². The Bertz CT molecular complexity index is 2380. The van der Waals surface area contributed by atoms with Crippen molar-refractivity contribution < 1.29 is 22.7 Å². The van der Waals surface area contributed by atoms with E-state index in [2.05, 4.69) is 62.5 Å². The van der Waals surface area contributed by atoms with Crippen LogP contribution in [0.5, 0.6) is 11.5 Å². The number of H-pyrrole nitrogens is 1. The number of anilines is 2. The Labute approximate surface area is 348 Å². The summed E-state index contributed by atoms with van der Waals surface area (Å²) in [5, 5.41) is 4.25. The molecule has 4 heterocycles. The van der Waals surface area contributed by atoms with E-state index in [4.69, 9.17) is 9.47 Å². The summed E-state index contributed by atoms with van der Waals surface area (Å²) < 4.78 is 41.9. The quantitative estimate of drug-likeness (QED) is 0.125. The summed E-state index contributed by atoms with van der Waals surface area (Å²) >= 11 is 0. The molecule has 1 atom stereocenters. The summed E-state index contributed by atoms with van der Waals surface area (Å²) in [7, 11) is -2.15. The lowest BCUT2D eigenvalue weighted by Gasteiger charge is -2.72. The van der Waals surface area contributed by atoms with Crippen LogP contribution in [-0.2, 0) is 14.8 Å². The molecule has 4 aliphatic carbocycles. The molecule has 3 N–H and O–H groups in total. The van der Waals surface area contributed by atoms with Crippen LogP contribution in [0.2, 0.25) is 0 Å². The Morgan fingerprint density at radius 1 is 1.02 bits per heavy atom. The number of nitrogens with one attached hydrogen (secondary N) is 3. The zero-order valence-electron chi connectivity index (χ0n) is 35.2. The average Bonchev–Trinajstić information content (AvgIpc) is 3.65. The zero-order chi connectivity index (χ0) is 41.2. The van der Waals surface area contributed by atoms with E-state index in [0.717, 1.165) is 73.8 Å². The Balaban J connectivity index is 0.903. The highest BCUT2D eigenvalue weighted by molar-refractivity contribution is 7.90. The number of carbonyl (C=O) groups excluding carboxylic acids is 1. The number of nitrogens with zero attached hydrogens (tertiary/aromatic N) is 4. The highest BCUT2D eigenvalue weighted by Gasteiger charge is 2.66. The lowest BCUT2D eigenvalue weighted by atomic mass is 9.33. The molecule has 3 saturated carbocycles. The van der Waals surface area contributed by atoms with Crippen molar-refractivity contribution in [1.29, 1.82) is 0 Å². The Hall–Kier alpha value is -4.43. The van der Waals surface area contributed by atoms with E-state index in [1.54, 1.807) is 35.5 Å². The van der Waals surface area contributed by atoms with Crippen molar-refractivity contribution >= 4 is 38.3 Å². The van der Waals surface area contributed by atoms with Crippen LogP contribution in [0.25, 0.3) is 11.0 Å². The number of pyridine rings is 1. The highest BCUT2D eigenvalue weighted by atomic mass is 32.2. The third-order valence-corrected chi connectivity index (χ3v) is 15.0. The maximum atomic E-state index is 13.9. The standard InChI is InChI=1S/C46H59N7O5S/c1-31-20-37(7-9-40(31)48-25-36-27-51(5)18-19-57-36)59(55,56)50-43(54)38-8-6-34(22-41(38)58-35-21-32-11-13-47-42(32)49-24-35)53-16-14-52(15-17-53)26-33-10-12-44(2,3)23-39(33)46-28-45(4,29-46)30-46/h6-9,11,13,20-22,24,36,48H,10,12,14-19,23,25-30H2,1-5H3,(H,47,49)(H,50,54)/t36-,45?,46?/m1/s1. The summed E-state index contributed by atoms with van der Waals surface area (Å²) in [4.78, 5) is 28.7. The summed E-state index contributed by atoms with van der Waals surface area (Å²) in [5.41, 5.74) is 8.26. The van der Waals surface area contributed by atoms with Gasteiger partial charge < -0.3 is 29.6 Å². The van der Waals surface area contributed by atoms with E-state index >= 15 is 0 Å². The molecule has 13 heteroatoms. The molecule has 0 radical (unpaired) electrons. The molecule has 6 aliphatic rings. The van der Waals surface area contributed by atoms with Crippen LogP contribution in [0.15, 0.2) is 77.0 Å². The van der Waals surface area contributed by atoms with E-state index in [1.165, 1.54) is 44.6 Å². The van der Waals surface area contributed by atoms with E-state index < -0.39 is 15.9 Å². The third-order valence-electron chi connectivity index (χ3n) is 13.7. The van der Waals surface area contributed by atoms with Gasteiger partial charge in [0.05, 0.1) is 29.4 Å². The number of rotatable bonds is 12. The lowest BCUT2D eigenvalue weighted by molar-refractivity contribution is -0.167. The number of sulfonamides is 1. The van der Waals surface area contributed by atoms with Gasteiger partial charge in [-0.15, -0.1) is 0 Å². The van der Waals surface area contributed by atoms with Crippen LogP contribution in [-0.4, -0.2) is 106 Å². The number of aryl methyl sites for hydroxylation is 1. The van der Waals surface area contributed by atoms with Crippen LogP contribution in [0, 0.1) is 23.2 Å². The summed E-state index contributed by atoms with van der Waals surface area (Å²) in [6, 6.07) is 14.0. The molecule has 2 aromatic heterocycles. The van der Waals surface area contributed by atoms with Crippen molar-refractivity contribution in [2.24, 2.45) is 16.2 Å². The number of aromatic nitrogens is 2. The molecule has 5 fully saturated rings.